The molecule has 0 atom stereocenters. The number of rotatable bonds is 2. The smallest absolute Gasteiger partial charge is 0.399 e. The molecule has 128 valence electrons. The standard InChI is InChI=1S/C19H26BNO3/c1-12(2)21-13(3)10-17(22)15-9-8-14(11-16(15)21)20-23-18(4,5)19(6,7)24-20/h8-12H,1-7H3. The van der Waals surface area contributed by atoms with Crippen LogP contribution in [-0.4, -0.2) is 22.9 Å². The first kappa shape index (κ1) is 17.2. The van der Waals surface area contributed by atoms with E-state index in [1.54, 1.807) is 6.07 Å². The van der Waals surface area contributed by atoms with Crippen molar-refractivity contribution in [1.82, 2.24) is 4.57 Å². The molecule has 1 aromatic carbocycles. The average Bonchev–Trinajstić information content (AvgIpc) is 2.66. The molecule has 0 amide bonds. The zero-order valence-electron chi connectivity index (χ0n) is 15.6. The molecule has 1 aliphatic rings. The molecule has 1 fully saturated rings. The highest BCUT2D eigenvalue weighted by Gasteiger charge is 2.51. The summed E-state index contributed by atoms with van der Waals surface area (Å²) in [5.41, 5.74) is 2.14. The Kier molecular flexibility index (Phi) is 3.93. The summed E-state index contributed by atoms with van der Waals surface area (Å²) < 4.78 is 14.5. The van der Waals surface area contributed by atoms with Crippen molar-refractivity contribution in [3.8, 4) is 0 Å². The first-order valence-electron chi connectivity index (χ1n) is 8.55. The van der Waals surface area contributed by atoms with Crippen LogP contribution in [0.3, 0.4) is 0 Å². The van der Waals surface area contributed by atoms with Crippen LogP contribution in [-0.2, 0) is 9.31 Å². The number of fused-ring (bicyclic) bond motifs is 1. The second kappa shape index (κ2) is 5.46. The predicted molar refractivity (Wildman–Crippen MR) is 99.0 cm³/mol. The third-order valence-electron chi connectivity index (χ3n) is 5.31. The Morgan fingerprint density at radius 2 is 1.62 bits per heavy atom. The molecule has 24 heavy (non-hydrogen) atoms. The molecule has 5 heteroatoms. The lowest BCUT2D eigenvalue weighted by Gasteiger charge is -2.32. The Hall–Kier alpha value is -1.59. The van der Waals surface area contributed by atoms with E-state index < -0.39 is 7.12 Å². The Morgan fingerprint density at radius 3 is 2.17 bits per heavy atom. The summed E-state index contributed by atoms with van der Waals surface area (Å²) in [5, 5.41) is 0.731. The van der Waals surface area contributed by atoms with E-state index in [9.17, 15) is 4.79 Å². The highest BCUT2D eigenvalue weighted by atomic mass is 16.7. The van der Waals surface area contributed by atoms with Crippen LogP contribution in [0, 0.1) is 6.92 Å². The molecule has 0 aliphatic carbocycles. The van der Waals surface area contributed by atoms with Crippen LogP contribution < -0.4 is 10.9 Å². The number of aromatic nitrogens is 1. The molecule has 0 spiro atoms. The van der Waals surface area contributed by atoms with Crippen molar-refractivity contribution < 1.29 is 9.31 Å². The van der Waals surface area contributed by atoms with Gasteiger partial charge in [0.2, 0.25) is 0 Å². The van der Waals surface area contributed by atoms with Gasteiger partial charge in [-0.15, -0.1) is 0 Å². The van der Waals surface area contributed by atoms with Gasteiger partial charge in [0.05, 0.1) is 16.7 Å². The minimum Gasteiger partial charge on any atom is -0.399 e. The van der Waals surface area contributed by atoms with Gasteiger partial charge in [-0.05, 0) is 66.1 Å². The maximum atomic E-state index is 12.3. The SMILES string of the molecule is Cc1cc(=O)c2ccc(B3OC(C)(C)C(C)(C)O3)cc2n1C(C)C. The lowest BCUT2D eigenvalue weighted by molar-refractivity contribution is 0.00578. The van der Waals surface area contributed by atoms with Crippen molar-refractivity contribution >= 4 is 23.5 Å². The van der Waals surface area contributed by atoms with Crippen molar-refractivity contribution in [3.63, 3.8) is 0 Å². The Labute approximate surface area is 143 Å². The van der Waals surface area contributed by atoms with Gasteiger partial charge in [-0.25, -0.2) is 0 Å². The Balaban J connectivity index is 2.16. The minimum absolute atomic E-state index is 0.0554. The van der Waals surface area contributed by atoms with Crippen molar-refractivity contribution in [2.75, 3.05) is 0 Å². The molecule has 3 rings (SSSR count). The van der Waals surface area contributed by atoms with Crippen molar-refractivity contribution in [2.24, 2.45) is 0 Å². The zero-order valence-corrected chi connectivity index (χ0v) is 15.6. The van der Waals surface area contributed by atoms with E-state index in [2.05, 4.69) is 18.4 Å². The van der Waals surface area contributed by atoms with Crippen molar-refractivity contribution in [2.45, 2.75) is 65.7 Å². The molecule has 0 N–H and O–H groups in total. The van der Waals surface area contributed by atoms with Crippen LogP contribution in [0.2, 0.25) is 0 Å². The fourth-order valence-electron chi connectivity index (χ4n) is 3.29. The first-order valence-corrected chi connectivity index (χ1v) is 8.55. The topological polar surface area (TPSA) is 40.5 Å². The normalized spacial score (nSPS) is 19.4. The van der Waals surface area contributed by atoms with E-state index >= 15 is 0 Å². The fourth-order valence-corrected chi connectivity index (χ4v) is 3.29. The number of aryl methyl sites for hydroxylation is 1. The van der Waals surface area contributed by atoms with E-state index in [0.717, 1.165) is 22.1 Å². The summed E-state index contributed by atoms with van der Waals surface area (Å²) in [6.07, 6.45) is 0. The molecule has 2 aromatic rings. The first-order chi connectivity index (χ1) is 11.0. The van der Waals surface area contributed by atoms with Gasteiger partial charge in [-0.2, -0.15) is 0 Å². The van der Waals surface area contributed by atoms with Crippen molar-refractivity contribution in [3.05, 3.63) is 40.2 Å². The van der Waals surface area contributed by atoms with Gasteiger partial charge in [0.1, 0.15) is 0 Å². The van der Waals surface area contributed by atoms with Crippen LogP contribution in [0.1, 0.15) is 53.3 Å². The van der Waals surface area contributed by atoms with E-state index in [0.29, 0.717) is 0 Å². The van der Waals surface area contributed by atoms with Gasteiger partial charge < -0.3 is 13.9 Å². The van der Waals surface area contributed by atoms with Gasteiger partial charge in [0.25, 0.3) is 0 Å². The number of nitrogens with zero attached hydrogens (tertiary/aromatic N) is 1. The van der Waals surface area contributed by atoms with Crippen LogP contribution in [0.4, 0.5) is 0 Å². The molecule has 0 radical (unpaired) electrons. The summed E-state index contributed by atoms with van der Waals surface area (Å²) in [5.74, 6) is 0. The summed E-state index contributed by atoms with van der Waals surface area (Å²) in [6.45, 7) is 14.4. The van der Waals surface area contributed by atoms with Gasteiger partial charge in [0.15, 0.2) is 5.43 Å². The second-order valence-electron chi connectivity index (χ2n) is 7.98. The van der Waals surface area contributed by atoms with Gasteiger partial charge in [0, 0.05) is 23.2 Å². The van der Waals surface area contributed by atoms with Gasteiger partial charge in [-0.1, -0.05) is 6.07 Å². The molecule has 1 aliphatic heterocycles. The van der Waals surface area contributed by atoms with E-state index in [1.165, 1.54) is 0 Å². The van der Waals surface area contributed by atoms with E-state index in [1.807, 2.05) is 52.8 Å². The summed E-state index contributed by atoms with van der Waals surface area (Å²) in [4.78, 5) is 12.3. The molecule has 0 bridgehead atoms. The van der Waals surface area contributed by atoms with E-state index in [4.69, 9.17) is 9.31 Å². The average molecular weight is 327 g/mol. The van der Waals surface area contributed by atoms with Crippen molar-refractivity contribution in [1.29, 1.82) is 0 Å². The number of benzene rings is 1. The monoisotopic (exact) mass is 327 g/mol. The maximum absolute atomic E-state index is 12.3. The molecular weight excluding hydrogens is 301 g/mol. The predicted octanol–water partition coefficient (Wildman–Crippen LogP) is 3.19. The molecule has 2 heterocycles. The summed E-state index contributed by atoms with van der Waals surface area (Å²) >= 11 is 0. The molecule has 1 aromatic heterocycles. The largest absolute Gasteiger partial charge is 0.494 e. The lowest BCUT2D eigenvalue weighted by Crippen LogP contribution is -2.41. The quantitative estimate of drug-likeness (QED) is 0.796. The Bertz CT molecular complexity index is 836. The second-order valence-corrected chi connectivity index (χ2v) is 7.98. The third kappa shape index (κ3) is 2.60. The van der Waals surface area contributed by atoms with E-state index in [-0.39, 0.29) is 22.7 Å². The highest BCUT2D eigenvalue weighted by molar-refractivity contribution is 6.62. The molecule has 0 saturated carbocycles. The maximum Gasteiger partial charge on any atom is 0.494 e. The van der Waals surface area contributed by atoms with Crippen LogP contribution in [0.15, 0.2) is 29.1 Å². The number of hydrogen-bond acceptors (Lipinski definition) is 3. The minimum atomic E-state index is -0.421. The van der Waals surface area contributed by atoms with Gasteiger partial charge in [-0.3, -0.25) is 4.79 Å². The third-order valence-corrected chi connectivity index (χ3v) is 5.31. The molecule has 0 unspecified atom stereocenters. The zero-order chi connectivity index (χ0) is 17.9. The molecular formula is C19H26BNO3. The van der Waals surface area contributed by atoms with Crippen LogP contribution in [0.25, 0.3) is 10.9 Å². The van der Waals surface area contributed by atoms with Crippen LogP contribution in [0.5, 0.6) is 0 Å². The molecule has 4 nitrogen and oxygen atoms in total. The van der Waals surface area contributed by atoms with Gasteiger partial charge >= 0.3 is 7.12 Å². The fraction of sp³-hybridized carbons (Fsp3) is 0.526. The summed E-state index contributed by atoms with van der Waals surface area (Å²) in [7, 11) is -0.421. The summed E-state index contributed by atoms with van der Waals surface area (Å²) in [6, 6.07) is 7.83. The lowest BCUT2D eigenvalue weighted by atomic mass is 9.78. The number of pyridine rings is 1. The Morgan fingerprint density at radius 1 is 1.04 bits per heavy atom. The molecule has 1 saturated heterocycles. The van der Waals surface area contributed by atoms with Crippen LogP contribution >= 0.6 is 0 Å². The number of hydrogen-bond donors (Lipinski definition) is 0. The highest BCUT2D eigenvalue weighted by Crippen LogP contribution is 2.36.